The van der Waals surface area contributed by atoms with Crippen molar-refractivity contribution in [3.63, 3.8) is 0 Å². The Morgan fingerprint density at radius 1 is 1.21 bits per heavy atom. The Bertz CT molecular complexity index is 382. The van der Waals surface area contributed by atoms with Crippen LogP contribution in [0.1, 0.15) is 38.7 Å². The minimum atomic E-state index is -0.735. The molecule has 3 heteroatoms. The second-order valence-corrected chi connectivity index (χ2v) is 5.11. The molecule has 0 fully saturated rings. The molecule has 0 bridgehead atoms. The zero-order valence-corrected chi connectivity index (χ0v) is 12.2. The van der Waals surface area contributed by atoms with Crippen molar-refractivity contribution in [2.45, 2.75) is 40.0 Å². The standard InChI is InChI=1S/C16H25NO2/c1-4-14(5-2)12-17(11-10-16(18)19)15-8-6-13(3)7-9-15/h6-9,14H,4-5,10-12H2,1-3H3,(H,18,19). The van der Waals surface area contributed by atoms with Crippen LogP contribution >= 0.6 is 0 Å². The molecule has 0 aliphatic carbocycles. The predicted octanol–water partition coefficient (Wildman–Crippen LogP) is 3.71. The summed E-state index contributed by atoms with van der Waals surface area (Å²) in [6, 6.07) is 8.32. The van der Waals surface area contributed by atoms with Crippen molar-refractivity contribution >= 4 is 11.7 Å². The highest BCUT2D eigenvalue weighted by molar-refractivity contribution is 5.67. The third-order valence-corrected chi connectivity index (χ3v) is 3.63. The van der Waals surface area contributed by atoms with Gasteiger partial charge in [0.15, 0.2) is 0 Å². The Morgan fingerprint density at radius 3 is 2.26 bits per heavy atom. The van der Waals surface area contributed by atoms with Gasteiger partial charge in [0.25, 0.3) is 0 Å². The van der Waals surface area contributed by atoms with Crippen LogP contribution in [-0.2, 0) is 4.79 Å². The van der Waals surface area contributed by atoms with Gasteiger partial charge in [-0.25, -0.2) is 0 Å². The molecule has 1 aromatic rings. The molecular formula is C16H25NO2. The van der Waals surface area contributed by atoms with Gasteiger partial charge in [0, 0.05) is 18.8 Å². The first-order valence-electron chi connectivity index (χ1n) is 7.10. The van der Waals surface area contributed by atoms with Crippen LogP contribution in [-0.4, -0.2) is 24.2 Å². The average molecular weight is 263 g/mol. The fraction of sp³-hybridized carbons (Fsp3) is 0.562. The molecule has 0 radical (unpaired) electrons. The maximum atomic E-state index is 10.8. The van der Waals surface area contributed by atoms with Crippen LogP contribution in [0.25, 0.3) is 0 Å². The van der Waals surface area contributed by atoms with Gasteiger partial charge in [0.05, 0.1) is 6.42 Å². The summed E-state index contributed by atoms with van der Waals surface area (Å²) >= 11 is 0. The van der Waals surface area contributed by atoms with E-state index in [0.717, 1.165) is 25.1 Å². The molecular weight excluding hydrogens is 238 g/mol. The predicted molar refractivity (Wildman–Crippen MR) is 79.7 cm³/mol. The number of aliphatic carboxylic acids is 1. The smallest absolute Gasteiger partial charge is 0.305 e. The molecule has 0 aliphatic rings. The fourth-order valence-electron chi connectivity index (χ4n) is 2.17. The number of carbonyl (C=O) groups is 1. The van der Waals surface area contributed by atoms with E-state index in [9.17, 15) is 4.79 Å². The molecule has 0 amide bonds. The van der Waals surface area contributed by atoms with Crippen molar-refractivity contribution in [2.75, 3.05) is 18.0 Å². The largest absolute Gasteiger partial charge is 0.481 e. The molecule has 106 valence electrons. The lowest BCUT2D eigenvalue weighted by molar-refractivity contribution is -0.136. The molecule has 0 aliphatic heterocycles. The number of nitrogens with zero attached hydrogens (tertiary/aromatic N) is 1. The highest BCUT2D eigenvalue weighted by Gasteiger charge is 2.13. The highest BCUT2D eigenvalue weighted by Crippen LogP contribution is 2.19. The number of carboxylic acids is 1. The van der Waals surface area contributed by atoms with E-state index in [4.69, 9.17) is 5.11 Å². The Morgan fingerprint density at radius 2 is 1.79 bits per heavy atom. The molecule has 0 spiro atoms. The van der Waals surface area contributed by atoms with Crippen LogP contribution in [0.15, 0.2) is 24.3 Å². The average Bonchev–Trinajstić information content (AvgIpc) is 2.40. The fourth-order valence-corrected chi connectivity index (χ4v) is 2.17. The summed E-state index contributed by atoms with van der Waals surface area (Å²) in [4.78, 5) is 13.0. The first-order chi connectivity index (χ1) is 9.06. The van der Waals surface area contributed by atoms with Gasteiger partial charge in [-0.1, -0.05) is 44.4 Å². The number of carboxylic acid groups (broad SMARTS) is 1. The van der Waals surface area contributed by atoms with E-state index in [1.54, 1.807) is 0 Å². The Balaban J connectivity index is 2.78. The first-order valence-corrected chi connectivity index (χ1v) is 7.10. The van der Waals surface area contributed by atoms with E-state index in [0.29, 0.717) is 12.5 Å². The summed E-state index contributed by atoms with van der Waals surface area (Å²) in [5, 5.41) is 8.88. The van der Waals surface area contributed by atoms with Gasteiger partial charge in [-0.15, -0.1) is 0 Å². The molecule has 1 N–H and O–H groups in total. The van der Waals surface area contributed by atoms with E-state index in [2.05, 4.69) is 49.9 Å². The van der Waals surface area contributed by atoms with E-state index >= 15 is 0 Å². The molecule has 0 unspecified atom stereocenters. The van der Waals surface area contributed by atoms with E-state index in [1.165, 1.54) is 5.56 Å². The van der Waals surface area contributed by atoms with E-state index < -0.39 is 5.97 Å². The molecule has 3 nitrogen and oxygen atoms in total. The normalized spacial score (nSPS) is 10.7. The first kappa shape index (κ1) is 15.5. The zero-order valence-electron chi connectivity index (χ0n) is 12.2. The Hall–Kier alpha value is -1.51. The lowest BCUT2D eigenvalue weighted by atomic mass is 10.0. The lowest BCUT2D eigenvalue weighted by Crippen LogP contribution is -2.31. The van der Waals surface area contributed by atoms with Crippen LogP contribution in [0.4, 0.5) is 5.69 Å². The SMILES string of the molecule is CCC(CC)CN(CCC(=O)O)c1ccc(C)cc1. The number of hydrogen-bond acceptors (Lipinski definition) is 2. The summed E-state index contributed by atoms with van der Waals surface area (Å²) < 4.78 is 0. The summed E-state index contributed by atoms with van der Waals surface area (Å²) in [6.07, 6.45) is 2.45. The molecule has 1 rings (SSSR count). The zero-order chi connectivity index (χ0) is 14.3. The van der Waals surface area contributed by atoms with Crippen LogP contribution in [0.3, 0.4) is 0 Å². The summed E-state index contributed by atoms with van der Waals surface area (Å²) in [6.45, 7) is 7.96. The van der Waals surface area contributed by atoms with Crippen LogP contribution in [0.5, 0.6) is 0 Å². The minimum absolute atomic E-state index is 0.189. The van der Waals surface area contributed by atoms with Gasteiger partial charge in [-0.2, -0.15) is 0 Å². The number of anilines is 1. The molecule has 0 saturated heterocycles. The summed E-state index contributed by atoms with van der Waals surface area (Å²) in [5.41, 5.74) is 2.35. The quantitative estimate of drug-likeness (QED) is 0.777. The second-order valence-electron chi connectivity index (χ2n) is 5.11. The number of rotatable bonds is 8. The maximum Gasteiger partial charge on any atom is 0.305 e. The molecule has 19 heavy (non-hydrogen) atoms. The van der Waals surface area contributed by atoms with Crippen molar-refractivity contribution in [2.24, 2.45) is 5.92 Å². The topological polar surface area (TPSA) is 40.5 Å². The highest BCUT2D eigenvalue weighted by atomic mass is 16.4. The Kier molecular flexibility index (Phi) is 6.40. The molecule has 0 aromatic heterocycles. The third-order valence-electron chi connectivity index (χ3n) is 3.63. The van der Waals surface area contributed by atoms with Gasteiger partial charge in [0.2, 0.25) is 0 Å². The van der Waals surface area contributed by atoms with Gasteiger partial charge < -0.3 is 10.0 Å². The molecule has 0 heterocycles. The number of aryl methyl sites for hydroxylation is 1. The van der Waals surface area contributed by atoms with Gasteiger partial charge in [-0.05, 0) is 25.0 Å². The maximum absolute atomic E-state index is 10.8. The summed E-state index contributed by atoms with van der Waals surface area (Å²) in [5.74, 6) is -0.114. The van der Waals surface area contributed by atoms with Crippen molar-refractivity contribution in [3.05, 3.63) is 29.8 Å². The number of benzene rings is 1. The van der Waals surface area contributed by atoms with Crippen molar-refractivity contribution in [3.8, 4) is 0 Å². The third kappa shape index (κ3) is 5.33. The Labute approximate surface area is 116 Å². The van der Waals surface area contributed by atoms with Gasteiger partial charge >= 0.3 is 5.97 Å². The lowest BCUT2D eigenvalue weighted by Gasteiger charge is -2.28. The van der Waals surface area contributed by atoms with Gasteiger partial charge in [0.1, 0.15) is 0 Å². The van der Waals surface area contributed by atoms with Gasteiger partial charge in [-0.3, -0.25) is 4.79 Å². The van der Waals surface area contributed by atoms with E-state index in [-0.39, 0.29) is 6.42 Å². The van der Waals surface area contributed by atoms with Crippen LogP contribution in [0, 0.1) is 12.8 Å². The second kappa shape index (κ2) is 7.82. The van der Waals surface area contributed by atoms with Crippen molar-refractivity contribution < 1.29 is 9.90 Å². The van der Waals surface area contributed by atoms with E-state index in [1.807, 2.05) is 0 Å². The number of hydrogen-bond donors (Lipinski definition) is 1. The summed E-state index contributed by atoms with van der Waals surface area (Å²) in [7, 11) is 0. The van der Waals surface area contributed by atoms with Crippen LogP contribution < -0.4 is 4.90 Å². The molecule has 1 aromatic carbocycles. The molecule has 0 atom stereocenters. The van der Waals surface area contributed by atoms with Crippen molar-refractivity contribution in [1.82, 2.24) is 0 Å². The van der Waals surface area contributed by atoms with Crippen LogP contribution in [0.2, 0.25) is 0 Å². The molecule has 0 saturated carbocycles. The van der Waals surface area contributed by atoms with Crippen molar-refractivity contribution in [1.29, 1.82) is 0 Å². The minimum Gasteiger partial charge on any atom is -0.481 e. The monoisotopic (exact) mass is 263 g/mol.